The largest absolute Gasteiger partial charge is 0.496 e. The Morgan fingerprint density at radius 1 is 1.03 bits per heavy atom. The Bertz CT molecular complexity index is 1120. The summed E-state index contributed by atoms with van der Waals surface area (Å²) in [6.07, 6.45) is 1.48. The molecule has 3 aromatic rings. The van der Waals surface area contributed by atoms with Crippen molar-refractivity contribution in [2.75, 3.05) is 13.7 Å². The molecular formula is C28H33NO5. The summed E-state index contributed by atoms with van der Waals surface area (Å²) < 4.78 is 16.6. The number of amides is 1. The molecule has 1 N–H and O–H groups in total. The maximum absolute atomic E-state index is 12.9. The van der Waals surface area contributed by atoms with Crippen LogP contribution >= 0.6 is 0 Å². The van der Waals surface area contributed by atoms with Gasteiger partial charge in [0.2, 0.25) is 0 Å². The van der Waals surface area contributed by atoms with Crippen molar-refractivity contribution in [3.05, 3.63) is 88.9 Å². The highest BCUT2D eigenvalue weighted by Gasteiger charge is 2.26. The van der Waals surface area contributed by atoms with E-state index in [4.69, 9.17) is 13.9 Å². The predicted octanol–water partition coefficient (Wildman–Crippen LogP) is 5.60. The molecule has 0 saturated carbocycles. The van der Waals surface area contributed by atoms with E-state index in [1.165, 1.54) is 5.56 Å². The number of ether oxygens (including phenoxy) is 2. The minimum atomic E-state index is -0.921. The number of rotatable bonds is 10. The van der Waals surface area contributed by atoms with Crippen LogP contribution < -0.4 is 10.1 Å². The fourth-order valence-corrected chi connectivity index (χ4v) is 3.68. The van der Waals surface area contributed by atoms with Crippen LogP contribution in [0.25, 0.3) is 0 Å². The van der Waals surface area contributed by atoms with Crippen LogP contribution in [0.15, 0.2) is 65.1 Å². The van der Waals surface area contributed by atoms with Gasteiger partial charge >= 0.3 is 5.97 Å². The summed E-state index contributed by atoms with van der Waals surface area (Å²) in [5.74, 6) is 0.519. The number of hydrogen-bond acceptors (Lipinski definition) is 5. The number of methoxy groups -OCH3 is 1. The summed E-state index contributed by atoms with van der Waals surface area (Å²) in [5, 5.41) is 2.74. The van der Waals surface area contributed by atoms with Gasteiger partial charge in [-0.25, -0.2) is 4.79 Å². The molecule has 6 nitrogen and oxygen atoms in total. The fraction of sp³-hybridized carbons (Fsp3) is 0.357. The van der Waals surface area contributed by atoms with Gasteiger partial charge in [-0.05, 0) is 48.1 Å². The second kappa shape index (κ2) is 11.1. The molecule has 0 bridgehead atoms. The molecule has 0 aliphatic heterocycles. The molecule has 6 heteroatoms. The molecule has 1 amide bonds. The number of esters is 1. The lowest BCUT2D eigenvalue weighted by Gasteiger charge is -2.24. The number of benzene rings is 2. The van der Waals surface area contributed by atoms with Crippen LogP contribution in [0.3, 0.4) is 0 Å². The van der Waals surface area contributed by atoms with Crippen LogP contribution in [-0.4, -0.2) is 25.6 Å². The Morgan fingerprint density at radius 2 is 1.76 bits per heavy atom. The van der Waals surface area contributed by atoms with Crippen LogP contribution in [-0.2, 0) is 21.4 Å². The van der Waals surface area contributed by atoms with Crippen LogP contribution in [0.2, 0.25) is 0 Å². The van der Waals surface area contributed by atoms with E-state index in [1.54, 1.807) is 50.4 Å². The van der Waals surface area contributed by atoms with Crippen LogP contribution in [0.5, 0.6) is 5.75 Å². The molecule has 0 radical (unpaired) electrons. The minimum absolute atomic E-state index is 0.0365. The Balaban J connectivity index is 1.80. The first-order valence-corrected chi connectivity index (χ1v) is 11.6. The lowest BCUT2D eigenvalue weighted by molar-refractivity contribution is -0.145. The van der Waals surface area contributed by atoms with Crippen molar-refractivity contribution >= 4 is 11.9 Å². The van der Waals surface area contributed by atoms with Crippen molar-refractivity contribution in [3.8, 4) is 5.75 Å². The highest BCUT2D eigenvalue weighted by molar-refractivity contribution is 5.95. The van der Waals surface area contributed by atoms with E-state index in [-0.39, 0.29) is 17.8 Å². The molecule has 3 rings (SSSR count). The summed E-state index contributed by atoms with van der Waals surface area (Å²) in [6.45, 7) is 8.53. The van der Waals surface area contributed by atoms with Crippen molar-refractivity contribution in [1.29, 1.82) is 0 Å². The summed E-state index contributed by atoms with van der Waals surface area (Å²) in [7, 11) is 1.64. The average Bonchev–Trinajstić information content (AvgIpc) is 3.31. The van der Waals surface area contributed by atoms with Crippen LogP contribution in [0.1, 0.15) is 73.2 Å². The van der Waals surface area contributed by atoms with E-state index in [1.807, 2.05) is 12.1 Å². The predicted molar refractivity (Wildman–Crippen MR) is 131 cm³/mol. The van der Waals surface area contributed by atoms with E-state index < -0.39 is 17.9 Å². The molecule has 0 spiro atoms. The Kier molecular flexibility index (Phi) is 8.16. The third kappa shape index (κ3) is 5.87. The number of nitrogens with one attached hydrogen (secondary N) is 1. The lowest BCUT2D eigenvalue weighted by Crippen LogP contribution is -2.34. The van der Waals surface area contributed by atoms with Crippen molar-refractivity contribution in [2.45, 2.75) is 52.0 Å². The monoisotopic (exact) mass is 463 g/mol. The van der Waals surface area contributed by atoms with E-state index in [0.29, 0.717) is 17.7 Å². The summed E-state index contributed by atoms with van der Waals surface area (Å²) in [4.78, 5) is 25.4. The first-order chi connectivity index (χ1) is 16.3. The Hall–Kier alpha value is -3.54. The summed E-state index contributed by atoms with van der Waals surface area (Å²) in [5.41, 5.74) is 2.88. The van der Waals surface area contributed by atoms with Gasteiger partial charge in [-0.1, -0.05) is 63.2 Å². The van der Waals surface area contributed by atoms with Gasteiger partial charge in [0.25, 0.3) is 5.91 Å². The molecule has 0 aliphatic carbocycles. The molecule has 1 heterocycles. The van der Waals surface area contributed by atoms with Crippen LogP contribution in [0, 0.1) is 0 Å². The normalized spacial score (nSPS) is 12.1. The third-order valence-electron chi connectivity index (χ3n) is 6.13. The maximum atomic E-state index is 12.9. The topological polar surface area (TPSA) is 77.8 Å². The van der Waals surface area contributed by atoms with Gasteiger partial charge in [0.15, 0.2) is 11.8 Å². The molecule has 180 valence electrons. The van der Waals surface area contributed by atoms with Crippen molar-refractivity contribution in [1.82, 2.24) is 5.32 Å². The Labute approximate surface area is 201 Å². The van der Waals surface area contributed by atoms with E-state index in [9.17, 15) is 9.59 Å². The quantitative estimate of drug-likeness (QED) is 0.396. The number of carbonyl (C=O) groups excluding carboxylic acids is 2. The van der Waals surface area contributed by atoms with E-state index in [0.717, 1.165) is 17.7 Å². The second-order valence-corrected chi connectivity index (χ2v) is 8.78. The van der Waals surface area contributed by atoms with Crippen LogP contribution in [0.4, 0.5) is 0 Å². The highest BCUT2D eigenvalue weighted by Crippen LogP contribution is 2.32. The van der Waals surface area contributed by atoms with Gasteiger partial charge in [-0.2, -0.15) is 0 Å². The van der Waals surface area contributed by atoms with Gasteiger partial charge in [0, 0.05) is 12.0 Å². The molecule has 34 heavy (non-hydrogen) atoms. The summed E-state index contributed by atoms with van der Waals surface area (Å²) in [6, 6.07) is 17.7. The highest BCUT2D eigenvalue weighted by atomic mass is 16.5. The van der Waals surface area contributed by atoms with Gasteiger partial charge in [-0.3, -0.25) is 4.79 Å². The third-order valence-corrected chi connectivity index (χ3v) is 6.13. The van der Waals surface area contributed by atoms with Gasteiger partial charge in [0.1, 0.15) is 11.5 Å². The molecule has 1 aromatic heterocycles. The molecule has 0 fully saturated rings. The molecule has 2 aromatic carbocycles. The lowest BCUT2D eigenvalue weighted by atomic mass is 9.81. The molecule has 0 saturated heterocycles. The van der Waals surface area contributed by atoms with Gasteiger partial charge < -0.3 is 19.2 Å². The van der Waals surface area contributed by atoms with Crippen molar-refractivity contribution in [2.24, 2.45) is 0 Å². The minimum Gasteiger partial charge on any atom is -0.496 e. The van der Waals surface area contributed by atoms with Gasteiger partial charge in [-0.15, -0.1) is 0 Å². The maximum Gasteiger partial charge on any atom is 0.333 e. The summed E-state index contributed by atoms with van der Waals surface area (Å²) >= 11 is 0. The van der Waals surface area contributed by atoms with E-state index >= 15 is 0 Å². The molecule has 0 aliphatic rings. The second-order valence-electron chi connectivity index (χ2n) is 8.78. The van der Waals surface area contributed by atoms with E-state index in [2.05, 4.69) is 38.2 Å². The zero-order valence-corrected chi connectivity index (χ0v) is 20.5. The zero-order valence-electron chi connectivity index (χ0n) is 20.5. The molecular weight excluding hydrogens is 430 g/mol. The van der Waals surface area contributed by atoms with Gasteiger partial charge in [0.05, 0.1) is 13.7 Å². The number of hydrogen-bond donors (Lipinski definition) is 1. The molecule has 0 unspecified atom stereocenters. The fourth-order valence-electron chi connectivity index (χ4n) is 3.68. The number of carbonyl (C=O) groups is 2. The standard InChI is InChI=1S/C28H33NO5/c1-6-28(3,4)21-13-15-23(32-5)20(17-21)18-22-14-16-24(34-22)26(30)29-25(27(31)33-7-2)19-11-9-8-10-12-19/h8-17,25H,6-7,18H2,1-5H3,(H,29,30)/t25-/m0/s1. The van der Waals surface area contributed by atoms with Crippen molar-refractivity contribution in [3.63, 3.8) is 0 Å². The zero-order chi connectivity index (χ0) is 24.7. The Morgan fingerprint density at radius 3 is 2.41 bits per heavy atom. The number of furan rings is 1. The average molecular weight is 464 g/mol. The smallest absolute Gasteiger partial charge is 0.333 e. The SMILES string of the molecule is CCOC(=O)[C@@H](NC(=O)c1ccc(Cc2cc(C(C)(C)CC)ccc2OC)o1)c1ccccc1. The first kappa shape index (κ1) is 25.1. The van der Waals surface area contributed by atoms with Crippen molar-refractivity contribution < 1.29 is 23.5 Å². The first-order valence-electron chi connectivity index (χ1n) is 11.6. The molecule has 1 atom stereocenters.